The highest BCUT2D eigenvalue weighted by Crippen LogP contribution is 2.54. The van der Waals surface area contributed by atoms with E-state index < -0.39 is 5.60 Å². The molecule has 2 heteroatoms. The molecule has 1 saturated carbocycles. The normalized spacial score (nSPS) is 43.4. The van der Waals surface area contributed by atoms with Crippen LogP contribution in [0.15, 0.2) is 12.2 Å². The summed E-state index contributed by atoms with van der Waals surface area (Å²) in [5.41, 5.74) is -1.40. The fraction of sp³-hybridized carbons (Fsp3) is 0.700. The fourth-order valence-corrected chi connectivity index (χ4v) is 2.49. The van der Waals surface area contributed by atoms with Crippen LogP contribution in [-0.2, 0) is 0 Å². The molecule has 2 aliphatic rings. The van der Waals surface area contributed by atoms with Crippen LogP contribution in [0.5, 0.6) is 0 Å². The van der Waals surface area contributed by atoms with Crippen molar-refractivity contribution < 1.29 is 10.2 Å². The van der Waals surface area contributed by atoms with E-state index in [1.54, 1.807) is 0 Å². The van der Waals surface area contributed by atoms with Gasteiger partial charge >= 0.3 is 0 Å². The first-order valence-electron chi connectivity index (χ1n) is 4.48. The summed E-state index contributed by atoms with van der Waals surface area (Å²) in [4.78, 5) is 0. The number of fused-ring (bicyclic) bond motifs is 2. The van der Waals surface area contributed by atoms with Gasteiger partial charge < -0.3 is 10.2 Å². The third-order valence-electron chi connectivity index (χ3n) is 3.46. The summed E-state index contributed by atoms with van der Waals surface area (Å²) in [7, 11) is 0. The predicted octanol–water partition coefficient (Wildman–Crippen LogP) is 0.900. The highest BCUT2D eigenvalue weighted by molar-refractivity contribution is 5.23. The molecule has 0 spiro atoms. The SMILES string of the molecule is [CH2]C(O)(CO)C12C=CC(CC1)C2. The minimum absolute atomic E-state index is 0.230. The van der Waals surface area contributed by atoms with E-state index in [0.29, 0.717) is 5.92 Å². The van der Waals surface area contributed by atoms with Crippen molar-refractivity contribution in [2.24, 2.45) is 11.3 Å². The lowest BCUT2D eigenvalue weighted by atomic mass is 9.73. The molecule has 0 aromatic heterocycles. The largest absolute Gasteiger partial charge is 0.393 e. The Bertz CT molecular complexity index is 220. The van der Waals surface area contributed by atoms with Crippen molar-refractivity contribution in [2.45, 2.75) is 24.9 Å². The highest BCUT2D eigenvalue weighted by atomic mass is 16.3. The van der Waals surface area contributed by atoms with Crippen molar-refractivity contribution in [2.75, 3.05) is 6.61 Å². The van der Waals surface area contributed by atoms with Gasteiger partial charge in [-0.05, 0) is 32.1 Å². The Morgan fingerprint density at radius 1 is 1.67 bits per heavy atom. The van der Waals surface area contributed by atoms with Gasteiger partial charge in [0.25, 0.3) is 0 Å². The third-order valence-corrected chi connectivity index (χ3v) is 3.46. The van der Waals surface area contributed by atoms with E-state index in [0.717, 1.165) is 19.3 Å². The van der Waals surface area contributed by atoms with E-state index in [1.807, 2.05) is 6.08 Å². The van der Waals surface area contributed by atoms with Gasteiger partial charge in [0, 0.05) is 5.41 Å². The van der Waals surface area contributed by atoms with Gasteiger partial charge in [-0.1, -0.05) is 12.2 Å². The van der Waals surface area contributed by atoms with Crippen LogP contribution in [0.25, 0.3) is 0 Å². The van der Waals surface area contributed by atoms with Crippen molar-refractivity contribution in [1.29, 1.82) is 0 Å². The van der Waals surface area contributed by atoms with Crippen LogP contribution in [0, 0.1) is 18.3 Å². The fourth-order valence-electron chi connectivity index (χ4n) is 2.49. The second-order valence-electron chi connectivity index (χ2n) is 4.21. The molecule has 0 aliphatic heterocycles. The minimum atomic E-state index is -1.17. The van der Waals surface area contributed by atoms with E-state index in [9.17, 15) is 5.11 Å². The number of hydrogen-bond acceptors (Lipinski definition) is 2. The molecule has 2 aliphatic carbocycles. The predicted molar refractivity (Wildman–Crippen MR) is 46.3 cm³/mol. The number of aliphatic hydroxyl groups is 2. The van der Waals surface area contributed by atoms with Crippen molar-refractivity contribution in [1.82, 2.24) is 0 Å². The van der Waals surface area contributed by atoms with E-state index >= 15 is 0 Å². The van der Waals surface area contributed by atoms with Crippen LogP contribution in [0.2, 0.25) is 0 Å². The lowest BCUT2D eigenvalue weighted by molar-refractivity contribution is -0.0559. The van der Waals surface area contributed by atoms with Gasteiger partial charge in [-0.3, -0.25) is 0 Å². The average molecular weight is 167 g/mol. The second kappa shape index (κ2) is 2.33. The monoisotopic (exact) mass is 167 g/mol. The smallest absolute Gasteiger partial charge is 0.0968 e. The maximum absolute atomic E-state index is 9.89. The molecule has 3 unspecified atom stereocenters. The van der Waals surface area contributed by atoms with Gasteiger partial charge in [-0.25, -0.2) is 0 Å². The molecule has 0 aromatic carbocycles. The Balaban J connectivity index is 2.27. The maximum Gasteiger partial charge on any atom is 0.0968 e. The third kappa shape index (κ3) is 0.882. The van der Waals surface area contributed by atoms with Gasteiger partial charge in [-0.15, -0.1) is 0 Å². The summed E-state index contributed by atoms with van der Waals surface area (Å²) in [6.45, 7) is 3.45. The lowest BCUT2D eigenvalue weighted by Gasteiger charge is -2.38. The van der Waals surface area contributed by atoms with Crippen molar-refractivity contribution >= 4 is 0 Å². The Hall–Kier alpha value is -0.340. The first-order chi connectivity index (χ1) is 5.60. The van der Waals surface area contributed by atoms with E-state index in [-0.39, 0.29) is 12.0 Å². The molecule has 2 rings (SSSR count). The zero-order valence-corrected chi connectivity index (χ0v) is 7.16. The Kier molecular flexibility index (Phi) is 1.61. The number of hydrogen-bond donors (Lipinski definition) is 2. The molecule has 12 heavy (non-hydrogen) atoms. The first-order valence-corrected chi connectivity index (χ1v) is 4.48. The van der Waals surface area contributed by atoms with Crippen LogP contribution in [0.1, 0.15) is 19.3 Å². The topological polar surface area (TPSA) is 40.5 Å². The van der Waals surface area contributed by atoms with Crippen LogP contribution < -0.4 is 0 Å². The number of allylic oxidation sites excluding steroid dienone is 1. The second-order valence-corrected chi connectivity index (χ2v) is 4.21. The molecule has 2 nitrogen and oxygen atoms in total. The summed E-state index contributed by atoms with van der Waals surface area (Å²) in [5, 5.41) is 18.9. The highest BCUT2D eigenvalue weighted by Gasteiger charge is 2.52. The van der Waals surface area contributed by atoms with E-state index in [4.69, 9.17) is 5.11 Å². The van der Waals surface area contributed by atoms with Crippen LogP contribution >= 0.6 is 0 Å². The molecule has 1 fully saturated rings. The maximum atomic E-state index is 9.89. The van der Waals surface area contributed by atoms with Crippen molar-refractivity contribution in [3.05, 3.63) is 19.1 Å². The van der Waals surface area contributed by atoms with Crippen molar-refractivity contribution in [3.8, 4) is 0 Å². The summed E-state index contributed by atoms with van der Waals surface area (Å²) >= 11 is 0. The number of rotatable bonds is 2. The zero-order valence-electron chi connectivity index (χ0n) is 7.16. The molecular weight excluding hydrogens is 152 g/mol. The van der Waals surface area contributed by atoms with Crippen LogP contribution in [0.3, 0.4) is 0 Å². The van der Waals surface area contributed by atoms with Crippen LogP contribution in [-0.4, -0.2) is 22.4 Å². The molecule has 2 N–H and O–H groups in total. The molecule has 0 amide bonds. The number of aliphatic hydroxyl groups excluding tert-OH is 1. The van der Waals surface area contributed by atoms with Crippen LogP contribution in [0.4, 0.5) is 0 Å². The van der Waals surface area contributed by atoms with Crippen molar-refractivity contribution in [3.63, 3.8) is 0 Å². The average Bonchev–Trinajstić information content (AvgIpc) is 2.64. The summed E-state index contributed by atoms with van der Waals surface area (Å²) < 4.78 is 0. The molecule has 0 heterocycles. The lowest BCUT2D eigenvalue weighted by Crippen LogP contribution is -2.45. The standard InChI is InChI=1S/C10H15O2/c1-9(12,7-11)10-4-2-8(6-10)3-5-10/h2,4,8,11-12H,1,3,5-7H2. The van der Waals surface area contributed by atoms with E-state index in [2.05, 4.69) is 13.0 Å². The van der Waals surface area contributed by atoms with Gasteiger partial charge in [-0.2, -0.15) is 0 Å². The Labute approximate surface area is 72.9 Å². The van der Waals surface area contributed by atoms with Gasteiger partial charge in [0.2, 0.25) is 0 Å². The molecule has 1 radical (unpaired) electrons. The molecule has 3 atom stereocenters. The van der Waals surface area contributed by atoms with Gasteiger partial charge in [0.1, 0.15) is 0 Å². The van der Waals surface area contributed by atoms with Gasteiger partial charge in [0.15, 0.2) is 0 Å². The molecule has 67 valence electrons. The summed E-state index contributed by atoms with van der Waals surface area (Å²) in [5.74, 6) is 0.616. The van der Waals surface area contributed by atoms with E-state index in [1.165, 1.54) is 0 Å². The summed E-state index contributed by atoms with van der Waals surface area (Å²) in [6.07, 6.45) is 7.26. The molecular formula is C10H15O2. The molecule has 0 saturated heterocycles. The quantitative estimate of drug-likeness (QED) is 0.600. The minimum Gasteiger partial charge on any atom is -0.393 e. The molecule has 2 bridgehead atoms. The molecule has 0 aromatic rings. The zero-order chi connectivity index (χ0) is 8.82. The Morgan fingerprint density at radius 3 is 2.75 bits per heavy atom. The summed E-state index contributed by atoms with van der Waals surface area (Å²) in [6, 6.07) is 0. The van der Waals surface area contributed by atoms with Gasteiger partial charge in [0.05, 0.1) is 12.2 Å². The first kappa shape index (κ1) is 8.27. The Morgan fingerprint density at radius 2 is 2.42 bits per heavy atom.